The Bertz CT molecular complexity index is 1300. The lowest BCUT2D eigenvalue weighted by Gasteiger charge is -2.19. The Labute approximate surface area is 205 Å². The van der Waals surface area contributed by atoms with Gasteiger partial charge in [-0.2, -0.15) is 5.26 Å². The molecule has 180 valence electrons. The number of ether oxygens (including phenoxy) is 1. The molecule has 8 heteroatoms. The molecular formula is C27H29N5O3. The fourth-order valence-corrected chi connectivity index (χ4v) is 3.46. The minimum Gasteiger partial charge on any atom is -0.490 e. The van der Waals surface area contributed by atoms with Gasteiger partial charge in [-0.3, -0.25) is 9.59 Å². The molecule has 0 aliphatic rings. The molecule has 0 aliphatic carbocycles. The van der Waals surface area contributed by atoms with E-state index in [2.05, 4.69) is 34.3 Å². The van der Waals surface area contributed by atoms with Crippen molar-refractivity contribution in [3.8, 4) is 23.1 Å². The molecule has 2 amide bonds. The van der Waals surface area contributed by atoms with Gasteiger partial charge in [-0.05, 0) is 55.2 Å². The van der Waals surface area contributed by atoms with Crippen LogP contribution in [0, 0.1) is 25.2 Å². The van der Waals surface area contributed by atoms with Crippen molar-refractivity contribution < 1.29 is 14.3 Å². The number of aryl methyl sites for hydroxylation is 3. The van der Waals surface area contributed by atoms with E-state index in [9.17, 15) is 14.9 Å². The maximum atomic E-state index is 12.7. The number of rotatable bonds is 8. The SMILES string of the molecule is CCc1cnc(C(=O)NCCOc2cc(C#N)ccc2N(C)C(C)=O)nc1-c1ccc(C)c(C)c1. The second-order valence-electron chi connectivity index (χ2n) is 8.20. The maximum absolute atomic E-state index is 12.7. The average molecular weight is 472 g/mol. The summed E-state index contributed by atoms with van der Waals surface area (Å²) in [5.41, 5.74) is 5.96. The van der Waals surface area contributed by atoms with E-state index in [4.69, 9.17) is 4.74 Å². The van der Waals surface area contributed by atoms with Gasteiger partial charge in [0.15, 0.2) is 0 Å². The zero-order valence-electron chi connectivity index (χ0n) is 20.7. The molecule has 0 saturated carbocycles. The van der Waals surface area contributed by atoms with Crippen molar-refractivity contribution in [1.29, 1.82) is 5.26 Å². The highest BCUT2D eigenvalue weighted by molar-refractivity contribution is 5.93. The molecule has 0 aliphatic heterocycles. The second kappa shape index (κ2) is 11.3. The van der Waals surface area contributed by atoms with E-state index < -0.39 is 5.91 Å². The number of carbonyl (C=O) groups is 2. The topological polar surface area (TPSA) is 108 Å². The van der Waals surface area contributed by atoms with E-state index in [0.717, 1.165) is 28.8 Å². The number of aromatic nitrogens is 2. The third kappa shape index (κ3) is 6.01. The lowest BCUT2D eigenvalue weighted by molar-refractivity contribution is -0.116. The van der Waals surface area contributed by atoms with Crippen LogP contribution in [0.4, 0.5) is 5.69 Å². The lowest BCUT2D eigenvalue weighted by Crippen LogP contribution is -2.30. The van der Waals surface area contributed by atoms with Crippen molar-refractivity contribution in [1.82, 2.24) is 15.3 Å². The van der Waals surface area contributed by atoms with Crippen molar-refractivity contribution >= 4 is 17.5 Å². The number of carbonyl (C=O) groups excluding carboxylic acids is 2. The number of benzene rings is 2. The fraction of sp³-hybridized carbons (Fsp3) is 0.296. The van der Waals surface area contributed by atoms with Gasteiger partial charge in [0.25, 0.3) is 5.91 Å². The molecule has 1 aromatic heterocycles. The van der Waals surface area contributed by atoms with E-state index in [-0.39, 0.29) is 24.9 Å². The highest BCUT2D eigenvalue weighted by atomic mass is 16.5. The Kier molecular flexibility index (Phi) is 8.16. The summed E-state index contributed by atoms with van der Waals surface area (Å²) in [6.07, 6.45) is 2.44. The molecule has 8 nitrogen and oxygen atoms in total. The van der Waals surface area contributed by atoms with E-state index in [1.165, 1.54) is 17.4 Å². The fourth-order valence-electron chi connectivity index (χ4n) is 3.46. The van der Waals surface area contributed by atoms with Crippen molar-refractivity contribution in [2.45, 2.75) is 34.1 Å². The van der Waals surface area contributed by atoms with Gasteiger partial charge in [-0.1, -0.05) is 19.1 Å². The van der Waals surface area contributed by atoms with Gasteiger partial charge < -0.3 is 15.0 Å². The Morgan fingerprint density at radius 2 is 1.91 bits per heavy atom. The first-order valence-electron chi connectivity index (χ1n) is 11.4. The molecule has 35 heavy (non-hydrogen) atoms. The number of hydrogen-bond acceptors (Lipinski definition) is 6. The summed E-state index contributed by atoms with van der Waals surface area (Å²) in [5, 5.41) is 12.0. The first-order valence-corrected chi connectivity index (χ1v) is 11.4. The van der Waals surface area contributed by atoms with E-state index in [0.29, 0.717) is 17.0 Å². The summed E-state index contributed by atoms with van der Waals surface area (Å²) < 4.78 is 5.79. The van der Waals surface area contributed by atoms with Crippen LogP contribution in [0.25, 0.3) is 11.3 Å². The van der Waals surface area contributed by atoms with Crippen LogP contribution in [0.1, 0.15) is 46.7 Å². The molecule has 0 spiro atoms. The highest BCUT2D eigenvalue weighted by Crippen LogP contribution is 2.29. The van der Waals surface area contributed by atoms with Gasteiger partial charge in [-0.25, -0.2) is 9.97 Å². The van der Waals surface area contributed by atoms with E-state index in [1.54, 1.807) is 31.4 Å². The number of nitrogens with zero attached hydrogens (tertiary/aromatic N) is 4. The quantitative estimate of drug-likeness (QED) is 0.498. The predicted octanol–water partition coefficient (Wildman–Crippen LogP) is 3.99. The number of hydrogen-bond donors (Lipinski definition) is 1. The van der Waals surface area contributed by atoms with Gasteiger partial charge in [-0.15, -0.1) is 0 Å². The number of nitriles is 1. The smallest absolute Gasteiger partial charge is 0.289 e. The van der Waals surface area contributed by atoms with Crippen LogP contribution in [0.3, 0.4) is 0 Å². The Balaban J connectivity index is 1.70. The van der Waals surface area contributed by atoms with Crippen molar-refractivity contribution in [3.05, 3.63) is 70.7 Å². The van der Waals surface area contributed by atoms with Crippen LogP contribution >= 0.6 is 0 Å². The number of amides is 2. The van der Waals surface area contributed by atoms with Crippen LogP contribution in [0.5, 0.6) is 5.75 Å². The first-order chi connectivity index (χ1) is 16.7. The molecular weight excluding hydrogens is 442 g/mol. The summed E-state index contributed by atoms with van der Waals surface area (Å²) in [4.78, 5) is 34.8. The number of anilines is 1. The molecule has 2 aromatic carbocycles. The molecule has 0 fully saturated rings. The molecule has 0 unspecified atom stereocenters. The molecule has 3 rings (SSSR count). The summed E-state index contributed by atoms with van der Waals surface area (Å²) >= 11 is 0. The summed E-state index contributed by atoms with van der Waals surface area (Å²) in [5.74, 6) is -0.108. The molecule has 0 atom stereocenters. The standard InChI is InChI=1S/C27H29N5O3/c1-6-21-16-30-26(31-25(21)22-9-7-17(2)18(3)13-22)27(34)29-11-12-35-24-14-20(15-28)8-10-23(24)32(5)19(4)33/h7-10,13-14,16H,6,11-12H2,1-5H3,(H,29,34). The normalized spacial score (nSPS) is 10.4. The molecule has 1 N–H and O–H groups in total. The van der Waals surface area contributed by atoms with Gasteiger partial charge >= 0.3 is 0 Å². The molecule has 1 heterocycles. The van der Waals surface area contributed by atoms with Crippen LogP contribution in [0.2, 0.25) is 0 Å². The summed E-state index contributed by atoms with van der Waals surface area (Å²) in [7, 11) is 1.63. The highest BCUT2D eigenvalue weighted by Gasteiger charge is 2.16. The van der Waals surface area contributed by atoms with Gasteiger partial charge in [0, 0.05) is 31.8 Å². The van der Waals surface area contributed by atoms with Crippen molar-refractivity contribution in [3.63, 3.8) is 0 Å². The zero-order chi connectivity index (χ0) is 25.5. The number of nitrogens with one attached hydrogen (secondary N) is 1. The Hall–Kier alpha value is -4.25. The minimum absolute atomic E-state index is 0.0823. The monoisotopic (exact) mass is 471 g/mol. The predicted molar refractivity (Wildman–Crippen MR) is 134 cm³/mol. The van der Waals surface area contributed by atoms with Crippen LogP contribution in [-0.4, -0.2) is 42.0 Å². The van der Waals surface area contributed by atoms with Gasteiger partial charge in [0.05, 0.1) is 29.6 Å². The molecule has 3 aromatic rings. The maximum Gasteiger partial charge on any atom is 0.289 e. The van der Waals surface area contributed by atoms with Crippen LogP contribution < -0.4 is 15.0 Å². The van der Waals surface area contributed by atoms with Gasteiger partial charge in [0.1, 0.15) is 12.4 Å². The Morgan fingerprint density at radius 3 is 2.57 bits per heavy atom. The molecule has 0 radical (unpaired) electrons. The van der Waals surface area contributed by atoms with Crippen LogP contribution in [-0.2, 0) is 11.2 Å². The van der Waals surface area contributed by atoms with Crippen molar-refractivity contribution in [2.24, 2.45) is 0 Å². The second-order valence-corrected chi connectivity index (χ2v) is 8.20. The van der Waals surface area contributed by atoms with Gasteiger partial charge in [0.2, 0.25) is 11.7 Å². The minimum atomic E-state index is -0.409. The summed E-state index contributed by atoms with van der Waals surface area (Å²) in [6.45, 7) is 7.90. The first kappa shape index (κ1) is 25.4. The zero-order valence-corrected chi connectivity index (χ0v) is 20.7. The largest absolute Gasteiger partial charge is 0.490 e. The molecule has 0 bridgehead atoms. The Morgan fingerprint density at radius 1 is 1.14 bits per heavy atom. The third-order valence-corrected chi connectivity index (χ3v) is 5.80. The third-order valence-electron chi connectivity index (χ3n) is 5.80. The molecule has 0 saturated heterocycles. The van der Waals surface area contributed by atoms with E-state index in [1.807, 2.05) is 26.0 Å². The van der Waals surface area contributed by atoms with Crippen molar-refractivity contribution in [2.75, 3.05) is 25.1 Å². The average Bonchev–Trinajstić information content (AvgIpc) is 2.87. The van der Waals surface area contributed by atoms with E-state index >= 15 is 0 Å². The van der Waals surface area contributed by atoms with Crippen LogP contribution in [0.15, 0.2) is 42.6 Å². The summed E-state index contributed by atoms with van der Waals surface area (Å²) in [6, 6.07) is 13.0. The lowest BCUT2D eigenvalue weighted by atomic mass is 10.0.